The third-order valence-corrected chi connectivity index (χ3v) is 3.13. The van der Waals surface area contributed by atoms with Gasteiger partial charge in [-0.1, -0.05) is 41.9 Å². The number of hydrogen-bond donors (Lipinski definition) is 0. The van der Waals surface area contributed by atoms with E-state index in [0.29, 0.717) is 10.6 Å². The Morgan fingerprint density at radius 3 is 2.15 bits per heavy atom. The van der Waals surface area contributed by atoms with Gasteiger partial charge in [-0.2, -0.15) is 0 Å². The topological polar surface area (TPSA) is 26.3 Å². The third-order valence-electron chi connectivity index (χ3n) is 2.88. The molecule has 1 unspecified atom stereocenters. The monoisotopic (exact) mass is 288 g/mol. The van der Waals surface area contributed by atoms with E-state index in [4.69, 9.17) is 16.3 Å². The second-order valence-corrected chi connectivity index (χ2v) is 5.28. The zero-order valence-corrected chi connectivity index (χ0v) is 12.3. The first-order valence-corrected chi connectivity index (χ1v) is 6.96. The Morgan fingerprint density at radius 2 is 1.60 bits per heavy atom. The summed E-state index contributed by atoms with van der Waals surface area (Å²) in [5, 5.41) is 0.614. The van der Waals surface area contributed by atoms with Crippen molar-refractivity contribution < 1.29 is 9.53 Å². The largest absolute Gasteiger partial charge is 0.363 e. The highest BCUT2D eigenvalue weighted by Gasteiger charge is 2.23. The van der Waals surface area contributed by atoms with E-state index in [1.165, 1.54) is 0 Å². The van der Waals surface area contributed by atoms with Crippen LogP contribution >= 0.6 is 11.6 Å². The zero-order chi connectivity index (χ0) is 14.5. The van der Waals surface area contributed by atoms with E-state index in [9.17, 15) is 4.79 Å². The molecule has 0 amide bonds. The smallest absolute Gasteiger partial charge is 0.196 e. The molecule has 0 aliphatic rings. The van der Waals surface area contributed by atoms with Gasteiger partial charge >= 0.3 is 0 Å². The van der Waals surface area contributed by atoms with Crippen LogP contribution in [-0.4, -0.2) is 11.9 Å². The molecule has 0 saturated heterocycles. The predicted molar refractivity (Wildman–Crippen MR) is 81.2 cm³/mol. The molecule has 0 spiro atoms. The minimum absolute atomic E-state index is 0.0311. The minimum atomic E-state index is -0.586. The van der Waals surface area contributed by atoms with Crippen LogP contribution in [0.2, 0.25) is 5.02 Å². The SMILES string of the molecule is CC(C)OC(C(=O)c1ccc(Cl)cc1)c1ccccc1. The van der Waals surface area contributed by atoms with Crippen molar-refractivity contribution in [1.82, 2.24) is 0 Å². The van der Waals surface area contributed by atoms with Gasteiger partial charge in [0, 0.05) is 10.6 Å². The highest BCUT2D eigenvalue weighted by atomic mass is 35.5. The van der Waals surface area contributed by atoms with Crippen LogP contribution in [0.4, 0.5) is 0 Å². The highest BCUT2D eigenvalue weighted by Crippen LogP contribution is 2.24. The summed E-state index contributed by atoms with van der Waals surface area (Å²) in [7, 11) is 0. The Morgan fingerprint density at radius 1 is 1.00 bits per heavy atom. The van der Waals surface area contributed by atoms with Crippen molar-refractivity contribution >= 4 is 17.4 Å². The number of carbonyl (C=O) groups excluding carboxylic acids is 1. The van der Waals surface area contributed by atoms with Gasteiger partial charge in [-0.05, 0) is 43.7 Å². The van der Waals surface area contributed by atoms with Crippen LogP contribution in [0.5, 0.6) is 0 Å². The maximum atomic E-state index is 12.6. The zero-order valence-electron chi connectivity index (χ0n) is 11.5. The van der Waals surface area contributed by atoms with Gasteiger partial charge in [-0.15, -0.1) is 0 Å². The molecule has 2 rings (SSSR count). The molecule has 104 valence electrons. The van der Waals surface area contributed by atoms with Gasteiger partial charge in [0.1, 0.15) is 6.10 Å². The fraction of sp³-hybridized carbons (Fsp3) is 0.235. The molecule has 0 aliphatic carbocycles. The van der Waals surface area contributed by atoms with Crippen LogP contribution in [0.15, 0.2) is 54.6 Å². The lowest BCUT2D eigenvalue weighted by Gasteiger charge is -2.20. The van der Waals surface area contributed by atoms with Crippen LogP contribution in [0.25, 0.3) is 0 Å². The molecule has 2 nitrogen and oxygen atoms in total. The summed E-state index contributed by atoms with van der Waals surface area (Å²) in [6.45, 7) is 3.84. The highest BCUT2D eigenvalue weighted by molar-refractivity contribution is 6.30. The standard InChI is InChI=1S/C17H17ClO2/c1-12(2)20-17(14-6-4-3-5-7-14)16(19)13-8-10-15(18)11-9-13/h3-12,17H,1-2H3. The Balaban J connectivity index is 2.31. The van der Waals surface area contributed by atoms with Crippen molar-refractivity contribution in [2.75, 3.05) is 0 Å². The molecule has 2 aromatic rings. The van der Waals surface area contributed by atoms with Gasteiger partial charge in [0.25, 0.3) is 0 Å². The molecule has 0 saturated carbocycles. The number of halogens is 1. The molecule has 0 aromatic heterocycles. The lowest BCUT2D eigenvalue weighted by molar-refractivity contribution is 0.0114. The van der Waals surface area contributed by atoms with Gasteiger partial charge in [-0.3, -0.25) is 4.79 Å². The average molecular weight is 289 g/mol. The maximum absolute atomic E-state index is 12.6. The molecule has 0 aliphatic heterocycles. The number of carbonyl (C=O) groups is 1. The molecule has 0 heterocycles. The molecule has 1 atom stereocenters. The minimum Gasteiger partial charge on any atom is -0.363 e. The number of ketones is 1. The molecule has 3 heteroatoms. The first-order valence-electron chi connectivity index (χ1n) is 6.58. The van der Waals surface area contributed by atoms with E-state index in [-0.39, 0.29) is 11.9 Å². The summed E-state index contributed by atoms with van der Waals surface area (Å²) in [5.41, 5.74) is 1.46. The van der Waals surface area contributed by atoms with Crippen LogP contribution in [0.1, 0.15) is 35.9 Å². The van der Waals surface area contributed by atoms with Crippen LogP contribution < -0.4 is 0 Å². The number of Topliss-reactive ketones (excluding diaryl/α,β-unsaturated/α-hetero) is 1. The summed E-state index contributed by atoms with van der Waals surface area (Å²) in [5.74, 6) is -0.0541. The Hall–Kier alpha value is -1.64. The summed E-state index contributed by atoms with van der Waals surface area (Å²) in [4.78, 5) is 12.6. The third kappa shape index (κ3) is 3.69. The fourth-order valence-electron chi connectivity index (χ4n) is 1.96. The summed E-state index contributed by atoms with van der Waals surface area (Å²) in [6, 6.07) is 16.4. The Kier molecular flexibility index (Phi) is 4.94. The summed E-state index contributed by atoms with van der Waals surface area (Å²) < 4.78 is 5.80. The molecule has 0 bridgehead atoms. The molecule has 0 radical (unpaired) electrons. The first-order chi connectivity index (χ1) is 9.58. The van der Waals surface area contributed by atoms with Crippen molar-refractivity contribution in [3.05, 3.63) is 70.7 Å². The van der Waals surface area contributed by atoms with Crippen LogP contribution in [0, 0.1) is 0 Å². The van der Waals surface area contributed by atoms with E-state index in [1.807, 2.05) is 44.2 Å². The van der Waals surface area contributed by atoms with Gasteiger partial charge in [0.05, 0.1) is 6.10 Å². The number of ether oxygens (including phenoxy) is 1. The van der Waals surface area contributed by atoms with Crippen molar-refractivity contribution in [2.45, 2.75) is 26.1 Å². The van der Waals surface area contributed by atoms with Crippen LogP contribution in [0.3, 0.4) is 0 Å². The predicted octanol–water partition coefficient (Wildman–Crippen LogP) is 4.69. The quantitative estimate of drug-likeness (QED) is 0.746. The molecular weight excluding hydrogens is 272 g/mol. The number of benzene rings is 2. The van der Waals surface area contributed by atoms with Gasteiger partial charge in [0.2, 0.25) is 0 Å². The first kappa shape index (κ1) is 14.8. The van der Waals surface area contributed by atoms with E-state index >= 15 is 0 Å². The normalized spacial score (nSPS) is 12.4. The van der Waals surface area contributed by atoms with E-state index in [0.717, 1.165) is 5.56 Å². The summed E-state index contributed by atoms with van der Waals surface area (Å²) in [6.07, 6.45) is -0.617. The Bertz CT molecular complexity index is 561. The summed E-state index contributed by atoms with van der Waals surface area (Å²) >= 11 is 5.85. The van der Waals surface area contributed by atoms with Crippen molar-refractivity contribution in [1.29, 1.82) is 0 Å². The average Bonchev–Trinajstić information content (AvgIpc) is 2.45. The lowest BCUT2D eigenvalue weighted by atomic mass is 9.99. The number of rotatable bonds is 5. The lowest BCUT2D eigenvalue weighted by Crippen LogP contribution is -2.19. The molecule has 2 aromatic carbocycles. The van der Waals surface area contributed by atoms with E-state index < -0.39 is 6.10 Å². The van der Waals surface area contributed by atoms with Crippen molar-refractivity contribution in [3.63, 3.8) is 0 Å². The van der Waals surface area contributed by atoms with Crippen LogP contribution in [-0.2, 0) is 4.74 Å². The van der Waals surface area contributed by atoms with E-state index in [1.54, 1.807) is 24.3 Å². The second kappa shape index (κ2) is 6.69. The molecule has 20 heavy (non-hydrogen) atoms. The molecule has 0 fully saturated rings. The van der Waals surface area contributed by atoms with E-state index in [2.05, 4.69) is 0 Å². The molecular formula is C17H17ClO2. The Labute approximate surface area is 124 Å². The fourth-order valence-corrected chi connectivity index (χ4v) is 2.08. The van der Waals surface area contributed by atoms with Gasteiger partial charge in [-0.25, -0.2) is 0 Å². The maximum Gasteiger partial charge on any atom is 0.196 e. The van der Waals surface area contributed by atoms with Crippen molar-refractivity contribution in [2.24, 2.45) is 0 Å². The molecule has 0 N–H and O–H groups in total. The van der Waals surface area contributed by atoms with Crippen molar-refractivity contribution in [3.8, 4) is 0 Å². The number of hydrogen-bond acceptors (Lipinski definition) is 2. The van der Waals surface area contributed by atoms with Gasteiger partial charge in [0.15, 0.2) is 5.78 Å². The second-order valence-electron chi connectivity index (χ2n) is 4.85. The van der Waals surface area contributed by atoms with Gasteiger partial charge < -0.3 is 4.74 Å².